The number of benzene rings is 1. The standard InChI is InChI=1S/C34H48N6O6/c1-11-21-17-34(21,29(43)44)37-27(41)24-16-23(40-25(18-35-38-40)20-12-14-22(15-13-20)31(2,3)4)19-39(24)28(42)26(32(5,6)7)36-30(45)46-33(8,9)10/h11-15,18,21,23-24,26H,1,16-17,19H2,2-10H3,(H,36,45)(H,37,41)(H,43,44)/t21?,23?,24-,26?,34?/m0/s1. The molecule has 4 unspecified atom stereocenters. The smallest absolute Gasteiger partial charge is 0.408 e. The first-order chi connectivity index (χ1) is 21.2. The Hall–Kier alpha value is -4.22. The minimum Gasteiger partial charge on any atom is -0.479 e. The maximum atomic E-state index is 14.3. The van der Waals surface area contributed by atoms with Gasteiger partial charge in [0, 0.05) is 24.4 Å². The summed E-state index contributed by atoms with van der Waals surface area (Å²) < 4.78 is 7.16. The SMILES string of the molecule is C=CC1CC1(NC(=O)[C@@H]1CC(n2nncc2-c2ccc(C(C)(C)C)cc2)CN1C(=O)C(NC(=O)OC(C)(C)C)C(C)(C)C)C(=O)O. The first-order valence-electron chi connectivity index (χ1n) is 15.7. The lowest BCUT2D eigenvalue weighted by Gasteiger charge is -2.36. The molecule has 1 aromatic carbocycles. The second-order valence-electron chi connectivity index (χ2n) is 15.5. The van der Waals surface area contributed by atoms with Crippen LogP contribution in [0.15, 0.2) is 43.1 Å². The van der Waals surface area contributed by atoms with Crippen molar-refractivity contribution in [3.05, 3.63) is 48.7 Å². The van der Waals surface area contributed by atoms with Crippen molar-refractivity contribution < 1.29 is 29.0 Å². The number of alkyl carbamates (subject to hydrolysis) is 1. The number of ether oxygens (including phenoxy) is 1. The van der Waals surface area contributed by atoms with Crippen molar-refractivity contribution in [2.45, 2.75) is 110 Å². The molecule has 2 aliphatic rings. The van der Waals surface area contributed by atoms with E-state index in [-0.39, 0.29) is 24.8 Å². The lowest BCUT2D eigenvalue weighted by molar-refractivity contribution is -0.146. The van der Waals surface area contributed by atoms with Crippen molar-refractivity contribution in [2.75, 3.05) is 6.54 Å². The van der Waals surface area contributed by atoms with Gasteiger partial charge in [0.25, 0.3) is 0 Å². The summed E-state index contributed by atoms with van der Waals surface area (Å²) in [5.74, 6) is -2.67. The monoisotopic (exact) mass is 636 g/mol. The molecular weight excluding hydrogens is 588 g/mol. The number of rotatable bonds is 8. The van der Waals surface area contributed by atoms with Gasteiger partial charge in [-0.3, -0.25) is 9.59 Å². The van der Waals surface area contributed by atoms with Crippen LogP contribution in [0.25, 0.3) is 11.3 Å². The first-order valence-corrected chi connectivity index (χ1v) is 15.7. The maximum absolute atomic E-state index is 14.3. The Morgan fingerprint density at radius 3 is 2.20 bits per heavy atom. The predicted octanol–water partition coefficient (Wildman–Crippen LogP) is 4.47. The molecule has 250 valence electrons. The average molecular weight is 637 g/mol. The molecule has 3 N–H and O–H groups in total. The predicted molar refractivity (Wildman–Crippen MR) is 173 cm³/mol. The number of nitrogens with one attached hydrogen (secondary N) is 2. The molecule has 2 fully saturated rings. The van der Waals surface area contributed by atoms with Crippen molar-refractivity contribution in [1.29, 1.82) is 0 Å². The van der Waals surface area contributed by atoms with E-state index in [1.165, 1.54) is 16.5 Å². The van der Waals surface area contributed by atoms with Crippen LogP contribution in [0, 0.1) is 11.3 Å². The Bertz CT molecular complexity index is 1500. The number of carbonyl (C=O) groups excluding carboxylic acids is 3. The number of aliphatic carboxylic acids is 1. The van der Waals surface area contributed by atoms with E-state index in [0.717, 1.165) is 5.56 Å². The van der Waals surface area contributed by atoms with Crippen LogP contribution < -0.4 is 10.6 Å². The number of nitrogens with zero attached hydrogens (tertiary/aromatic N) is 4. The van der Waals surface area contributed by atoms with Gasteiger partial charge in [0.05, 0.1) is 17.9 Å². The van der Waals surface area contributed by atoms with Crippen molar-refractivity contribution in [2.24, 2.45) is 11.3 Å². The topological polar surface area (TPSA) is 156 Å². The highest BCUT2D eigenvalue weighted by atomic mass is 16.6. The van der Waals surface area contributed by atoms with Crippen LogP contribution in [-0.4, -0.2) is 78.6 Å². The molecule has 5 atom stereocenters. The summed E-state index contributed by atoms with van der Waals surface area (Å²) in [6.07, 6.45) is 2.77. The van der Waals surface area contributed by atoms with E-state index < -0.39 is 64.5 Å². The molecule has 12 nitrogen and oxygen atoms in total. The Labute approximate surface area is 270 Å². The zero-order valence-corrected chi connectivity index (χ0v) is 28.4. The van der Waals surface area contributed by atoms with Gasteiger partial charge in [-0.15, -0.1) is 11.7 Å². The van der Waals surface area contributed by atoms with Gasteiger partial charge in [-0.05, 0) is 43.6 Å². The van der Waals surface area contributed by atoms with E-state index in [9.17, 15) is 24.3 Å². The molecular formula is C34H48N6O6. The van der Waals surface area contributed by atoms with Crippen LogP contribution in [0.3, 0.4) is 0 Å². The van der Waals surface area contributed by atoms with E-state index in [2.05, 4.69) is 60.4 Å². The van der Waals surface area contributed by atoms with Gasteiger partial charge in [0.15, 0.2) is 0 Å². The maximum Gasteiger partial charge on any atom is 0.408 e. The van der Waals surface area contributed by atoms with Gasteiger partial charge >= 0.3 is 12.1 Å². The van der Waals surface area contributed by atoms with Gasteiger partial charge < -0.3 is 25.4 Å². The molecule has 1 aromatic heterocycles. The lowest BCUT2D eigenvalue weighted by atomic mass is 9.85. The molecule has 0 radical (unpaired) electrons. The summed E-state index contributed by atoms with van der Waals surface area (Å²) in [6.45, 7) is 20.8. The fourth-order valence-corrected chi connectivity index (χ4v) is 5.90. The van der Waals surface area contributed by atoms with E-state index in [1.807, 2.05) is 32.9 Å². The Morgan fingerprint density at radius 1 is 1.07 bits per heavy atom. The Balaban J connectivity index is 1.69. The van der Waals surface area contributed by atoms with Crippen molar-refractivity contribution >= 4 is 23.9 Å². The molecule has 12 heteroatoms. The van der Waals surface area contributed by atoms with Crippen LogP contribution in [0.5, 0.6) is 0 Å². The van der Waals surface area contributed by atoms with Crippen LogP contribution in [0.1, 0.15) is 86.8 Å². The van der Waals surface area contributed by atoms with Gasteiger partial charge in [0.1, 0.15) is 23.2 Å². The third-order valence-corrected chi connectivity index (χ3v) is 8.63. The third-order valence-electron chi connectivity index (χ3n) is 8.63. The largest absolute Gasteiger partial charge is 0.479 e. The normalized spacial score (nSPS) is 23.8. The molecule has 2 aromatic rings. The number of carboxylic acid groups (broad SMARTS) is 1. The minimum absolute atomic E-state index is 0.0274. The van der Waals surface area contributed by atoms with Gasteiger partial charge in [-0.1, -0.05) is 77.1 Å². The summed E-state index contributed by atoms with van der Waals surface area (Å²) >= 11 is 0. The molecule has 3 amide bonds. The highest BCUT2D eigenvalue weighted by Crippen LogP contribution is 2.45. The molecule has 46 heavy (non-hydrogen) atoms. The van der Waals surface area contributed by atoms with Gasteiger partial charge in [0.2, 0.25) is 11.8 Å². The first kappa shape index (κ1) is 34.6. The quantitative estimate of drug-likeness (QED) is 0.359. The third kappa shape index (κ3) is 7.26. The van der Waals surface area contributed by atoms with E-state index >= 15 is 0 Å². The van der Waals surface area contributed by atoms with Crippen molar-refractivity contribution in [3.8, 4) is 11.3 Å². The molecule has 2 heterocycles. The molecule has 1 saturated carbocycles. The van der Waals surface area contributed by atoms with Gasteiger partial charge in [-0.2, -0.15) is 0 Å². The van der Waals surface area contributed by atoms with Crippen LogP contribution in [-0.2, 0) is 24.5 Å². The summed E-state index contributed by atoms with van der Waals surface area (Å²) in [4.78, 5) is 54.7. The Kier molecular flexibility index (Phi) is 9.18. The zero-order chi connectivity index (χ0) is 34.4. The number of hydrogen-bond donors (Lipinski definition) is 3. The summed E-state index contributed by atoms with van der Waals surface area (Å²) in [5.41, 5.74) is -0.290. The van der Waals surface area contributed by atoms with Gasteiger partial charge in [-0.25, -0.2) is 14.3 Å². The lowest BCUT2D eigenvalue weighted by Crippen LogP contribution is -2.59. The average Bonchev–Trinajstić information content (AvgIpc) is 3.24. The number of carboxylic acids is 1. The second-order valence-corrected chi connectivity index (χ2v) is 15.5. The van der Waals surface area contributed by atoms with Crippen molar-refractivity contribution in [3.63, 3.8) is 0 Å². The van der Waals surface area contributed by atoms with Crippen LogP contribution >= 0.6 is 0 Å². The molecule has 4 rings (SSSR count). The Morgan fingerprint density at radius 2 is 1.70 bits per heavy atom. The summed E-state index contributed by atoms with van der Waals surface area (Å²) in [6, 6.07) is 5.56. The van der Waals surface area contributed by atoms with Crippen molar-refractivity contribution in [1.82, 2.24) is 30.5 Å². The number of amides is 3. The molecule has 1 aliphatic heterocycles. The highest BCUT2D eigenvalue weighted by molar-refractivity contribution is 5.96. The summed E-state index contributed by atoms with van der Waals surface area (Å²) in [5, 5.41) is 23.9. The minimum atomic E-state index is -1.48. The number of carbonyl (C=O) groups is 4. The summed E-state index contributed by atoms with van der Waals surface area (Å²) in [7, 11) is 0. The molecule has 1 saturated heterocycles. The number of likely N-dealkylation sites (tertiary alicyclic amines) is 1. The van der Waals surface area contributed by atoms with Crippen LogP contribution in [0.4, 0.5) is 4.79 Å². The fourth-order valence-electron chi connectivity index (χ4n) is 5.90. The van der Waals surface area contributed by atoms with E-state index in [1.54, 1.807) is 31.6 Å². The molecule has 0 bridgehead atoms. The van der Waals surface area contributed by atoms with Crippen LogP contribution in [0.2, 0.25) is 0 Å². The molecule has 1 aliphatic carbocycles. The van der Waals surface area contributed by atoms with E-state index in [4.69, 9.17) is 4.74 Å². The molecule has 0 spiro atoms. The second kappa shape index (κ2) is 12.2. The number of aromatic nitrogens is 3. The zero-order valence-electron chi connectivity index (χ0n) is 28.4. The fraction of sp³-hybridized carbons (Fsp3) is 0.588. The number of hydrogen-bond acceptors (Lipinski definition) is 7. The van der Waals surface area contributed by atoms with E-state index in [0.29, 0.717) is 5.69 Å². The highest BCUT2D eigenvalue weighted by Gasteiger charge is 2.61.